The molecule has 2 rings (SSSR count). The summed E-state index contributed by atoms with van der Waals surface area (Å²) >= 11 is 0. The molecule has 0 spiro atoms. The molecule has 1 aromatic heterocycles. The predicted molar refractivity (Wildman–Crippen MR) is 78.2 cm³/mol. The fourth-order valence-electron chi connectivity index (χ4n) is 1.94. The van der Waals surface area contributed by atoms with Crippen LogP contribution in [0, 0.1) is 0 Å². The Morgan fingerprint density at radius 1 is 1.50 bits per heavy atom. The van der Waals surface area contributed by atoms with Crippen LogP contribution in [0.1, 0.15) is 30.2 Å². The second-order valence-corrected chi connectivity index (χ2v) is 4.93. The van der Waals surface area contributed by atoms with Crippen LogP contribution in [-0.4, -0.2) is 34.9 Å². The van der Waals surface area contributed by atoms with Crippen molar-refractivity contribution in [2.24, 2.45) is 0 Å². The molecule has 7 heteroatoms. The fourth-order valence-corrected chi connectivity index (χ4v) is 1.94. The summed E-state index contributed by atoms with van der Waals surface area (Å²) in [5.74, 6) is 0.856. The van der Waals surface area contributed by atoms with Gasteiger partial charge in [0.05, 0.1) is 13.0 Å². The summed E-state index contributed by atoms with van der Waals surface area (Å²) in [5, 5.41) is 16.0. The number of carbonyl (C=O) groups excluding carboxylic acids is 1. The summed E-state index contributed by atoms with van der Waals surface area (Å²) < 4.78 is 10.1. The maximum Gasteiger partial charge on any atom is 0.248 e. The van der Waals surface area contributed by atoms with Crippen molar-refractivity contribution in [3.8, 4) is 5.75 Å². The highest BCUT2D eigenvalue weighted by atomic mass is 16.5. The first-order chi connectivity index (χ1) is 10.6. The van der Waals surface area contributed by atoms with E-state index in [2.05, 4.69) is 15.5 Å². The van der Waals surface area contributed by atoms with Gasteiger partial charge in [0.2, 0.25) is 11.8 Å². The van der Waals surface area contributed by atoms with Gasteiger partial charge in [0.15, 0.2) is 5.82 Å². The molecule has 1 amide bonds. The van der Waals surface area contributed by atoms with Crippen molar-refractivity contribution in [3.05, 3.63) is 41.5 Å². The molecule has 1 heterocycles. The standard InChI is InChI=1S/C15H19N3O4/c1-10(15-17-13(18-22-15)6-7-21-2)16-14(20)9-11-4-3-5-12(19)8-11/h3-5,8,10,19H,6-7,9H2,1-2H3,(H,16,20)/t10-/m0/s1. The lowest BCUT2D eigenvalue weighted by atomic mass is 10.1. The number of amides is 1. The highest BCUT2D eigenvalue weighted by molar-refractivity contribution is 5.78. The molecule has 0 radical (unpaired) electrons. The Kier molecular flexibility index (Phi) is 5.48. The Labute approximate surface area is 128 Å². The first kappa shape index (κ1) is 16.0. The average molecular weight is 305 g/mol. The summed E-state index contributed by atoms with van der Waals surface area (Å²) in [5.41, 5.74) is 0.732. The Balaban J connectivity index is 1.89. The van der Waals surface area contributed by atoms with Crippen LogP contribution in [0.4, 0.5) is 0 Å². The Hall–Kier alpha value is -2.41. The number of phenolic OH excluding ortho intramolecular Hbond substituents is 1. The van der Waals surface area contributed by atoms with E-state index in [0.717, 1.165) is 5.56 Å². The molecule has 7 nitrogen and oxygen atoms in total. The van der Waals surface area contributed by atoms with E-state index >= 15 is 0 Å². The van der Waals surface area contributed by atoms with Crippen LogP contribution in [0.25, 0.3) is 0 Å². The number of aromatic nitrogens is 2. The molecule has 0 aliphatic carbocycles. The minimum absolute atomic E-state index is 0.137. The largest absolute Gasteiger partial charge is 0.508 e. The van der Waals surface area contributed by atoms with Crippen LogP contribution in [-0.2, 0) is 22.4 Å². The SMILES string of the molecule is COCCc1noc([C@H](C)NC(=O)Cc2cccc(O)c2)n1. The number of nitrogens with one attached hydrogen (secondary N) is 1. The van der Waals surface area contributed by atoms with Crippen molar-refractivity contribution < 1.29 is 19.2 Å². The number of benzene rings is 1. The van der Waals surface area contributed by atoms with E-state index < -0.39 is 0 Å². The van der Waals surface area contributed by atoms with Crippen molar-refractivity contribution in [2.45, 2.75) is 25.8 Å². The molecule has 1 atom stereocenters. The lowest BCUT2D eigenvalue weighted by Crippen LogP contribution is -2.28. The number of phenols is 1. The molecular weight excluding hydrogens is 286 g/mol. The van der Waals surface area contributed by atoms with Crippen molar-refractivity contribution in [3.63, 3.8) is 0 Å². The second-order valence-electron chi connectivity index (χ2n) is 4.93. The molecule has 0 aliphatic rings. The van der Waals surface area contributed by atoms with Gasteiger partial charge in [-0.1, -0.05) is 17.3 Å². The Morgan fingerprint density at radius 3 is 3.05 bits per heavy atom. The average Bonchev–Trinajstić information content (AvgIpc) is 2.94. The number of rotatable bonds is 7. The van der Waals surface area contributed by atoms with Crippen LogP contribution in [0.2, 0.25) is 0 Å². The third kappa shape index (κ3) is 4.56. The summed E-state index contributed by atoms with van der Waals surface area (Å²) in [7, 11) is 1.60. The van der Waals surface area contributed by atoms with E-state index in [9.17, 15) is 9.90 Å². The van der Waals surface area contributed by atoms with Gasteiger partial charge >= 0.3 is 0 Å². The highest BCUT2D eigenvalue weighted by Gasteiger charge is 2.16. The van der Waals surface area contributed by atoms with Crippen LogP contribution in [0.15, 0.2) is 28.8 Å². The number of ether oxygens (including phenoxy) is 1. The third-order valence-corrected chi connectivity index (χ3v) is 3.04. The Morgan fingerprint density at radius 2 is 2.32 bits per heavy atom. The van der Waals surface area contributed by atoms with Crippen molar-refractivity contribution >= 4 is 5.91 Å². The number of methoxy groups -OCH3 is 1. The van der Waals surface area contributed by atoms with E-state index in [4.69, 9.17) is 9.26 Å². The maximum absolute atomic E-state index is 12.0. The first-order valence-corrected chi connectivity index (χ1v) is 6.97. The lowest BCUT2D eigenvalue weighted by molar-refractivity contribution is -0.121. The first-order valence-electron chi connectivity index (χ1n) is 6.97. The molecule has 0 aliphatic heterocycles. The van der Waals surface area contributed by atoms with Gasteiger partial charge in [-0.15, -0.1) is 0 Å². The van der Waals surface area contributed by atoms with E-state index in [0.29, 0.717) is 24.7 Å². The number of carbonyl (C=O) groups is 1. The fraction of sp³-hybridized carbons (Fsp3) is 0.400. The molecule has 118 valence electrons. The van der Waals surface area contributed by atoms with Crippen LogP contribution >= 0.6 is 0 Å². The predicted octanol–water partition coefficient (Wildman–Crippen LogP) is 1.38. The zero-order valence-corrected chi connectivity index (χ0v) is 12.6. The highest BCUT2D eigenvalue weighted by Crippen LogP contribution is 2.13. The minimum Gasteiger partial charge on any atom is -0.508 e. The van der Waals surface area contributed by atoms with Crippen molar-refractivity contribution in [1.82, 2.24) is 15.5 Å². The van der Waals surface area contributed by atoms with Crippen LogP contribution in [0.5, 0.6) is 5.75 Å². The minimum atomic E-state index is -0.381. The molecule has 1 aromatic carbocycles. The Bertz CT molecular complexity index is 627. The molecule has 2 aromatic rings. The summed E-state index contributed by atoms with van der Waals surface area (Å²) in [6.45, 7) is 2.28. The zero-order chi connectivity index (χ0) is 15.9. The maximum atomic E-state index is 12.0. The van der Waals surface area contributed by atoms with Gasteiger partial charge in [-0.2, -0.15) is 4.98 Å². The van der Waals surface area contributed by atoms with Gasteiger partial charge in [0.25, 0.3) is 0 Å². The number of aromatic hydroxyl groups is 1. The molecular formula is C15H19N3O4. The monoisotopic (exact) mass is 305 g/mol. The second kappa shape index (κ2) is 7.56. The molecule has 0 unspecified atom stereocenters. The van der Waals surface area contributed by atoms with E-state index in [1.165, 1.54) is 0 Å². The number of hydrogen-bond acceptors (Lipinski definition) is 6. The third-order valence-electron chi connectivity index (χ3n) is 3.04. The molecule has 0 saturated carbocycles. The zero-order valence-electron chi connectivity index (χ0n) is 12.6. The topological polar surface area (TPSA) is 97.5 Å². The quantitative estimate of drug-likeness (QED) is 0.802. The van der Waals surface area contributed by atoms with Gasteiger partial charge in [-0.3, -0.25) is 4.79 Å². The molecule has 0 bridgehead atoms. The van der Waals surface area contributed by atoms with E-state index in [-0.39, 0.29) is 24.1 Å². The molecule has 0 fully saturated rings. The number of nitrogens with zero attached hydrogens (tertiary/aromatic N) is 2. The van der Waals surface area contributed by atoms with Gasteiger partial charge in [0, 0.05) is 13.5 Å². The van der Waals surface area contributed by atoms with Crippen molar-refractivity contribution in [2.75, 3.05) is 13.7 Å². The summed E-state index contributed by atoms with van der Waals surface area (Å²) in [6.07, 6.45) is 0.730. The normalized spacial score (nSPS) is 12.1. The van der Waals surface area contributed by atoms with E-state index in [1.54, 1.807) is 38.3 Å². The van der Waals surface area contributed by atoms with E-state index in [1.807, 2.05) is 0 Å². The molecule has 0 saturated heterocycles. The van der Waals surface area contributed by atoms with Gasteiger partial charge in [0.1, 0.15) is 11.8 Å². The molecule has 22 heavy (non-hydrogen) atoms. The summed E-state index contributed by atoms with van der Waals surface area (Å²) in [6, 6.07) is 6.21. The van der Waals surface area contributed by atoms with Gasteiger partial charge < -0.3 is 19.7 Å². The molecule has 2 N–H and O–H groups in total. The van der Waals surface area contributed by atoms with Crippen LogP contribution in [0.3, 0.4) is 0 Å². The summed E-state index contributed by atoms with van der Waals surface area (Å²) in [4.78, 5) is 16.2. The number of hydrogen-bond donors (Lipinski definition) is 2. The van der Waals surface area contributed by atoms with Gasteiger partial charge in [-0.25, -0.2) is 0 Å². The van der Waals surface area contributed by atoms with Gasteiger partial charge in [-0.05, 0) is 24.6 Å². The smallest absolute Gasteiger partial charge is 0.248 e. The van der Waals surface area contributed by atoms with Crippen LogP contribution < -0.4 is 5.32 Å². The lowest BCUT2D eigenvalue weighted by Gasteiger charge is -2.09. The van der Waals surface area contributed by atoms with Crippen molar-refractivity contribution in [1.29, 1.82) is 0 Å².